The molecule has 0 aliphatic rings. The summed E-state index contributed by atoms with van der Waals surface area (Å²) in [5, 5.41) is 0. The minimum Gasteiger partial charge on any atom is -0.350 e. The highest BCUT2D eigenvalue weighted by Crippen LogP contribution is 2.24. The Hall–Kier alpha value is -1.62. The van der Waals surface area contributed by atoms with Gasteiger partial charge in [-0.15, -0.1) is 0 Å². The summed E-state index contributed by atoms with van der Waals surface area (Å²) in [5.74, 6) is -1.78. The number of hydrogen-bond acceptors (Lipinski definition) is 2. The molecule has 0 atom stereocenters. The summed E-state index contributed by atoms with van der Waals surface area (Å²) in [6.45, 7) is 1.50. The van der Waals surface area contributed by atoms with Gasteiger partial charge in [-0.1, -0.05) is 18.3 Å². The first kappa shape index (κ1) is 10.9. The summed E-state index contributed by atoms with van der Waals surface area (Å²) in [5.41, 5.74) is 0.575. The lowest BCUT2D eigenvalue weighted by atomic mass is 10.1. The number of H-pyrrole nitrogens is 1. The average Bonchev–Trinajstić information content (AvgIpc) is 2.28. The standard InChI is InChI=1S/C11H8F2N2S/c1-6-2-3-7(9(13)8(6)12)10-11(16)15-5-4-14-10/h2-5H,1H3,(H,15,16). The summed E-state index contributed by atoms with van der Waals surface area (Å²) >= 11 is 4.96. The first-order valence-corrected chi connectivity index (χ1v) is 5.00. The molecule has 2 nitrogen and oxygen atoms in total. The lowest BCUT2D eigenvalue weighted by Gasteiger charge is -2.05. The molecular formula is C11H8F2N2S. The Morgan fingerprint density at radius 2 is 2.00 bits per heavy atom. The van der Waals surface area contributed by atoms with Gasteiger partial charge in [0.15, 0.2) is 11.6 Å². The Labute approximate surface area is 96.0 Å². The molecule has 0 saturated heterocycles. The number of aromatic nitrogens is 2. The topological polar surface area (TPSA) is 28.7 Å². The molecule has 0 saturated carbocycles. The van der Waals surface area contributed by atoms with Crippen molar-refractivity contribution < 1.29 is 8.78 Å². The van der Waals surface area contributed by atoms with Gasteiger partial charge in [-0.2, -0.15) is 0 Å². The van der Waals surface area contributed by atoms with Crippen LogP contribution in [-0.4, -0.2) is 9.97 Å². The van der Waals surface area contributed by atoms with Crippen LogP contribution in [0.4, 0.5) is 8.78 Å². The molecule has 0 radical (unpaired) electrons. The smallest absolute Gasteiger partial charge is 0.168 e. The first-order chi connectivity index (χ1) is 7.61. The number of rotatable bonds is 1. The Bertz CT molecular complexity index is 593. The van der Waals surface area contributed by atoms with Crippen LogP contribution in [0.25, 0.3) is 11.3 Å². The van der Waals surface area contributed by atoms with Gasteiger partial charge in [-0.25, -0.2) is 8.78 Å². The van der Waals surface area contributed by atoms with Crippen LogP contribution in [0.15, 0.2) is 24.5 Å². The predicted octanol–water partition coefficient (Wildman–Crippen LogP) is 3.39. The van der Waals surface area contributed by atoms with Crippen LogP contribution in [0.3, 0.4) is 0 Å². The van der Waals surface area contributed by atoms with E-state index in [-0.39, 0.29) is 21.5 Å². The van der Waals surface area contributed by atoms with Crippen molar-refractivity contribution in [1.29, 1.82) is 0 Å². The van der Waals surface area contributed by atoms with Crippen molar-refractivity contribution in [2.75, 3.05) is 0 Å². The summed E-state index contributed by atoms with van der Waals surface area (Å²) in [6.07, 6.45) is 2.98. The van der Waals surface area contributed by atoms with Gasteiger partial charge in [0.25, 0.3) is 0 Å². The monoisotopic (exact) mass is 238 g/mol. The molecule has 1 N–H and O–H groups in total. The van der Waals surface area contributed by atoms with Gasteiger partial charge in [0.1, 0.15) is 10.3 Å². The highest BCUT2D eigenvalue weighted by Gasteiger charge is 2.14. The maximum absolute atomic E-state index is 13.7. The third kappa shape index (κ3) is 1.74. The Balaban J connectivity index is 2.71. The van der Waals surface area contributed by atoms with Crippen LogP contribution in [-0.2, 0) is 0 Å². The average molecular weight is 238 g/mol. The number of halogens is 2. The summed E-state index contributed by atoms with van der Waals surface area (Å²) in [4.78, 5) is 6.66. The lowest BCUT2D eigenvalue weighted by Crippen LogP contribution is -1.95. The lowest BCUT2D eigenvalue weighted by molar-refractivity contribution is 0.505. The number of benzene rings is 1. The molecule has 1 aromatic heterocycles. The van der Waals surface area contributed by atoms with E-state index in [9.17, 15) is 8.78 Å². The SMILES string of the molecule is Cc1ccc(-c2ncc[nH]c2=S)c(F)c1F. The normalized spacial score (nSPS) is 10.4. The van der Waals surface area contributed by atoms with Crippen LogP contribution in [0.5, 0.6) is 0 Å². The molecule has 0 unspecified atom stereocenters. The minimum atomic E-state index is -0.918. The number of nitrogens with zero attached hydrogens (tertiary/aromatic N) is 1. The first-order valence-electron chi connectivity index (χ1n) is 4.60. The van der Waals surface area contributed by atoms with E-state index in [0.29, 0.717) is 0 Å². The van der Waals surface area contributed by atoms with Crippen LogP contribution >= 0.6 is 12.2 Å². The molecule has 1 aromatic carbocycles. The fourth-order valence-electron chi connectivity index (χ4n) is 1.37. The second-order valence-electron chi connectivity index (χ2n) is 3.32. The van der Waals surface area contributed by atoms with E-state index in [1.165, 1.54) is 31.5 Å². The van der Waals surface area contributed by atoms with Gasteiger partial charge in [0.2, 0.25) is 0 Å². The van der Waals surface area contributed by atoms with Gasteiger partial charge in [0.05, 0.1) is 0 Å². The van der Waals surface area contributed by atoms with Crippen LogP contribution in [0.1, 0.15) is 5.56 Å². The number of nitrogens with one attached hydrogen (secondary N) is 1. The predicted molar refractivity (Wildman–Crippen MR) is 59.5 cm³/mol. The van der Waals surface area contributed by atoms with Crippen molar-refractivity contribution in [3.8, 4) is 11.3 Å². The van der Waals surface area contributed by atoms with Crippen molar-refractivity contribution in [3.63, 3.8) is 0 Å². The van der Waals surface area contributed by atoms with Crippen LogP contribution in [0.2, 0.25) is 0 Å². The molecule has 5 heteroatoms. The van der Waals surface area contributed by atoms with Crippen molar-refractivity contribution in [3.05, 3.63) is 46.4 Å². The summed E-state index contributed by atoms with van der Waals surface area (Å²) in [6, 6.07) is 2.97. The fraction of sp³-hybridized carbons (Fsp3) is 0.0909. The molecule has 82 valence electrons. The maximum Gasteiger partial charge on any atom is 0.168 e. The van der Waals surface area contributed by atoms with E-state index < -0.39 is 11.6 Å². The van der Waals surface area contributed by atoms with E-state index in [0.717, 1.165) is 0 Å². The second kappa shape index (κ2) is 4.09. The van der Waals surface area contributed by atoms with E-state index >= 15 is 0 Å². The third-order valence-electron chi connectivity index (χ3n) is 2.24. The van der Waals surface area contributed by atoms with Gasteiger partial charge in [-0.3, -0.25) is 4.98 Å². The molecule has 0 amide bonds. The fourth-order valence-corrected chi connectivity index (χ4v) is 1.60. The molecule has 16 heavy (non-hydrogen) atoms. The second-order valence-corrected chi connectivity index (χ2v) is 3.73. The van der Waals surface area contributed by atoms with E-state index in [4.69, 9.17) is 12.2 Å². The zero-order chi connectivity index (χ0) is 11.7. The molecule has 0 spiro atoms. The highest BCUT2D eigenvalue weighted by atomic mass is 32.1. The van der Waals surface area contributed by atoms with Crippen molar-refractivity contribution in [1.82, 2.24) is 9.97 Å². The number of aromatic amines is 1. The molecule has 2 aromatic rings. The summed E-state index contributed by atoms with van der Waals surface area (Å²) < 4.78 is 27.3. The maximum atomic E-state index is 13.7. The van der Waals surface area contributed by atoms with Crippen molar-refractivity contribution in [2.45, 2.75) is 6.92 Å². The Morgan fingerprint density at radius 3 is 2.69 bits per heavy atom. The largest absolute Gasteiger partial charge is 0.350 e. The van der Waals surface area contributed by atoms with E-state index in [1.807, 2.05) is 0 Å². The molecule has 0 bridgehead atoms. The molecule has 0 fully saturated rings. The third-order valence-corrected chi connectivity index (χ3v) is 2.55. The molecular weight excluding hydrogens is 230 g/mol. The van der Waals surface area contributed by atoms with Crippen molar-refractivity contribution in [2.24, 2.45) is 0 Å². The summed E-state index contributed by atoms with van der Waals surface area (Å²) in [7, 11) is 0. The molecule has 2 rings (SSSR count). The van der Waals surface area contributed by atoms with E-state index in [1.54, 1.807) is 0 Å². The molecule has 0 aliphatic carbocycles. The van der Waals surface area contributed by atoms with Crippen LogP contribution in [0, 0.1) is 23.2 Å². The van der Waals surface area contributed by atoms with Gasteiger partial charge in [-0.05, 0) is 18.6 Å². The molecule has 1 heterocycles. The highest BCUT2D eigenvalue weighted by molar-refractivity contribution is 7.71. The van der Waals surface area contributed by atoms with Gasteiger partial charge in [0, 0.05) is 18.0 Å². The quantitative estimate of drug-likeness (QED) is 0.771. The zero-order valence-corrected chi connectivity index (χ0v) is 9.24. The minimum absolute atomic E-state index is 0.0740. The number of hydrogen-bond donors (Lipinski definition) is 1. The molecule has 0 aliphatic heterocycles. The van der Waals surface area contributed by atoms with Crippen LogP contribution < -0.4 is 0 Å². The number of aryl methyl sites for hydroxylation is 1. The Morgan fingerprint density at radius 1 is 1.25 bits per heavy atom. The zero-order valence-electron chi connectivity index (χ0n) is 8.42. The van der Waals surface area contributed by atoms with Gasteiger partial charge < -0.3 is 4.98 Å². The van der Waals surface area contributed by atoms with Gasteiger partial charge >= 0.3 is 0 Å². The van der Waals surface area contributed by atoms with Crippen molar-refractivity contribution >= 4 is 12.2 Å². The Kier molecular flexibility index (Phi) is 2.78. The van der Waals surface area contributed by atoms with E-state index in [2.05, 4.69) is 9.97 Å².